The average Bonchev–Trinajstić information content (AvgIpc) is 2.34. The van der Waals surface area contributed by atoms with Crippen LogP contribution in [0.5, 0.6) is 0 Å². The van der Waals surface area contributed by atoms with Gasteiger partial charge in [0.25, 0.3) is 0 Å². The van der Waals surface area contributed by atoms with E-state index in [1.165, 1.54) is 0 Å². The Bertz CT molecular complexity index is 486. The van der Waals surface area contributed by atoms with E-state index in [1.54, 1.807) is 30.3 Å². The lowest BCUT2D eigenvalue weighted by atomic mass is 9.91. The maximum atomic E-state index is 12.5. The molecule has 0 aliphatic heterocycles. The van der Waals surface area contributed by atoms with Crippen molar-refractivity contribution >= 4 is 9.84 Å². The monoisotopic (exact) mass is 254 g/mol. The molecule has 17 heavy (non-hydrogen) atoms. The van der Waals surface area contributed by atoms with Gasteiger partial charge in [-0.15, -0.1) is 0 Å². The molecule has 1 fully saturated rings. The molecule has 1 aliphatic carbocycles. The standard InChI is InChI=1S/C12H18N2O2S/c13-11-8-4-5-9-12(11,14)17(15,16)10-6-2-1-3-7-10/h1-3,6-7,11H,4-5,8-9,13-14H2. The van der Waals surface area contributed by atoms with Gasteiger partial charge in [-0.05, 0) is 25.0 Å². The van der Waals surface area contributed by atoms with Crippen LogP contribution in [-0.2, 0) is 9.84 Å². The van der Waals surface area contributed by atoms with E-state index in [0.717, 1.165) is 12.8 Å². The first-order valence-corrected chi connectivity index (χ1v) is 7.31. The second kappa shape index (κ2) is 4.40. The summed E-state index contributed by atoms with van der Waals surface area (Å²) < 4.78 is 25.0. The highest BCUT2D eigenvalue weighted by atomic mass is 32.2. The molecule has 0 heterocycles. The van der Waals surface area contributed by atoms with Crippen molar-refractivity contribution in [3.63, 3.8) is 0 Å². The number of sulfone groups is 1. The SMILES string of the molecule is NC1CCCCC1(N)S(=O)(=O)c1ccccc1. The molecule has 1 aliphatic rings. The molecule has 2 rings (SSSR count). The second-order valence-electron chi connectivity index (χ2n) is 4.62. The molecule has 1 aromatic carbocycles. The molecule has 0 radical (unpaired) electrons. The molecular formula is C12H18N2O2S. The zero-order valence-corrected chi connectivity index (χ0v) is 10.5. The van der Waals surface area contributed by atoms with Gasteiger partial charge in [0.15, 0.2) is 9.84 Å². The lowest BCUT2D eigenvalue weighted by Gasteiger charge is -2.38. The summed E-state index contributed by atoms with van der Waals surface area (Å²) in [6, 6.07) is 7.84. The summed E-state index contributed by atoms with van der Waals surface area (Å²) in [5.74, 6) is 0. The zero-order chi connectivity index (χ0) is 12.5. The number of benzene rings is 1. The highest BCUT2D eigenvalue weighted by Gasteiger charge is 2.47. The second-order valence-corrected chi connectivity index (χ2v) is 6.86. The van der Waals surface area contributed by atoms with E-state index in [-0.39, 0.29) is 4.90 Å². The van der Waals surface area contributed by atoms with Crippen LogP contribution in [0.3, 0.4) is 0 Å². The number of hydrogen-bond donors (Lipinski definition) is 2. The zero-order valence-electron chi connectivity index (χ0n) is 9.67. The molecule has 2 unspecified atom stereocenters. The van der Waals surface area contributed by atoms with Crippen molar-refractivity contribution < 1.29 is 8.42 Å². The first-order chi connectivity index (χ1) is 7.98. The Hall–Kier alpha value is -0.910. The third-order valence-corrected chi connectivity index (χ3v) is 5.91. The Morgan fingerprint density at radius 1 is 1.18 bits per heavy atom. The van der Waals surface area contributed by atoms with Crippen molar-refractivity contribution in [2.45, 2.75) is 41.5 Å². The van der Waals surface area contributed by atoms with Gasteiger partial charge in [0.05, 0.1) is 4.90 Å². The minimum absolute atomic E-state index is 0.264. The van der Waals surface area contributed by atoms with Crippen molar-refractivity contribution in [3.8, 4) is 0 Å². The van der Waals surface area contributed by atoms with Crippen LogP contribution in [0.15, 0.2) is 35.2 Å². The van der Waals surface area contributed by atoms with Crippen LogP contribution in [0.2, 0.25) is 0 Å². The van der Waals surface area contributed by atoms with Gasteiger partial charge in [0, 0.05) is 6.04 Å². The van der Waals surface area contributed by atoms with Crippen molar-refractivity contribution in [2.24, 2.45) is 11.5 Å². The predicted molar refractivity (Wildman–Crippen MR) is 67.0 cm³/mol. The lowest BCUT2D eigenvalue weighted by Crippen LogP contribution is -2.61. The molecule has 0 aromatic heterocycles. The van der Waals surface area contributed by atoms with E-state index in [4.69, 9.17) is 11.5 Å². The fraction of sp³-hybridized carbons (Fsp3) is 0.500. The minimum atomic E-state index is -3.56. The van der Waals surface area contributed by atoms with Gasteiger partial charge in [0.1, 0.15) is 4.87 Å². The summed E-state index contributed by atoms with van der Waals surface area (Å²) in [6.45, 7) is 0. The summed E-state index contributed by atoms with van der Waals surface area (Å²) in [4.78, 5) is -1.05. The quantitative estimate of drug-likeness (QED) is 0.825. The molecule has 4 nitrogen and oxygen atoms in total. The molecule has 1 saturated carbocycles. The van der Waals surface area contributed by atoms with Crippen LogP contribution in [0.1, 0.15) is 25.7 Å². The van der Waals surface area contributed by atoms with Gasteiger partial charge in [-0.25, -0.2) is 8.42 Å². The van der Waals surface area contributed by atoms with Gasteiger partial charge in [-0.1, -0.05) is 31.0 Å². The van der Waals surface area contributed by atoms with Crippen molar-refractivity contribution in [1.82, 2.24) is 0 Å². The molecule has 0 saturated heterocycles. The Kier molecular flexibility index (Phi) is 3.25. The van der Waals surface area contributed by atoms with Gasteiger partial charge in [-0.3, -0.25) is 0 Å². The molecule has 0 spiro atoms. The van der Waals surface area contributed by atoms with Crippen LogP contribution in [0, 0.1) is 0 Å². The summed E-state index contributed by atoms with van der Waals surface area (Å²) in [5.41, 5.74) is 12.0. The van der Waals surface area contributed by atoms with E-state index in [2.05, 4.69) is 0 Å². The van der Waals surface area contributed by atoms with Crippen LogP contribution >= 0.6 is 0 Å². The Balaban J connectivity index is 2.45. The summed E-state index contributed by atoms with van der Waals surface area (Å²) in [7, 11) is -3.56. The van der Waals surface area contributed by atoms with Crippen LogP contribution in [-0.4, -0.2) is 19.3 Å². The van der Waals surface area contributed by atoms with Crippen molar-refractivity contribution in [3.05, 3.63) is 30.3 Å². The smallest absolute Gasteiger partial charge is 0.198 e. The molecule has 1 aromatic rings. The third-order valence-electron chi connectivity index (χ3n) is 3.51. The molecule has 5 heteroatoms. The van der Waals surface area contributed by atoms with Gasteiger partial charge >= 0.3 is 0 Å². The van der Waals surface area contributed by atoms with Crippen LogP contribution < -0.4 is 11.5 Å². The normalized spacial score (nSPS) is 30.1. The summed E-state index contributed by atoms with van der Waals surface area (Å²) in [5, 5.41) is 0. The van der Waals surface area contributed by atoms with Gasteiger partial charge < -0.3 is 11.5 Å². The lowest BCUT2D eigenvalue weighted by molar-refractivity contribution is 0.332. The number of hydrogen-bond acceptors (Lipinski definition) is 4. The first-order valence-electron chi connectivity index (χ1n) is 5.82. The Labute approximate surface area is 102 Å². The van der Waals surface area contributed by atoms with Crippen LogP contribution in [0.25, 0.3) is 0 Å². The fourth-order valence-corrected chi connectivity index (χ4v) is 4.23. The molecular weight excluding hydrogens is 236 g/mol. The van der Waals surface area contributed by atoms with Crippen LogP contribution in [0.4, 0.5) is 0 Å². The third kappa shape index (κ3) is 1.99. The highest BCUT2D eigenvalue weighted by Crippen LogP contribution is 2.33. The fourth-order valence-electron chi connectivity index (χ4n) is 2.35. The molecule has 4 N–H and O–H groups in total. The minimum Gasteiger partial charge on any atom is -0.325 e. The van der Waals surface area contributed by atoms with E-state index in [9.17, 15) is 8.42 Å². The molecule has 0 amide bonds. The molecule has 94 valence electrons. The number of rotatable bonds is 2. The van der Waals surface area contributed by atoms with Crippen molar-refractivity contribution in [2.75, 3.05) is 0 Å². The van der Waals surface area contributed by atoms with E-state index in [0.29, 0.717) is 12.8 Å². The summed E-state index contributed by atoms with van der Waals surface area (Å²) >= 11 is 0. The molecule has 2 atom stereocenters. The summed E-state index contributed by atoms with van der Waals surface area (Å²) in [6.07, 6.45) is 2.87. The largest absolute Gasteiger partial charge is 0.325 e. The topological polar surface area (TPSA) is 86.2 Å². The Morgan fingerprint density at radius 3 is 2.41 bits per heavy atom. The van der Waals surface area contributed by atoms with Gasteiger partial charge in [-0.2, -0.15) is 0 Å². The first kappa shape index (κ1) is 12.5. The number of nitrogens with two attached hydrogens (primary N) is 2. The average molecular weight is 254 g/mol. The van der Waals surface area contributed by atoms with E-state index < -0.39 is 20.8 Å². The Morgan fingerprint density at radius 2 is 1.82 bits per heavy atom. The van der Waals surface area contributed by atoms with E-state index >= 15 is 0 Å². The maximum Gasteiger partial charge on any atom is 0.198 e. The van der Waals surface area contributed by atoms with Crippen molar-refractivity contribution in [1.29, 1.82) is 0 Å². The molecule has 0 bridgehead atoms. The highest BCUT2D eigenvalue weighted by molar-refractivity contribution is 7.92. The van der Waals surface area contributed by atoms with E-state index in [1.807, 2.05) is 0 Å². The predicted octanol–water partition coefficient (Wildman–Crippen LogP) is 1.02. The van der Waals surface area contributed by atoms with Gasteiger partial charge in [0.2, 0.25) is 0 Å². The maximum absolute atomic E-state index is 12.5.